The second kappa shape index (κ2) is 8.43. The summed E-state index contributed by atoms with van der Waals surface area (Å²) in [6.45, 7) is 5.39. The summed E-state index contributed by atoms with van der Waals surface area (Å²) < 4.78 is 5.30. The Labute approximate surface area is 159 Å². The molecule has 138 valence electrons. The lowest BCUT2D eigenvalue weighted by atomic mass is 10.2. The maximum atomic E-state index is 12.5. The van der Waals surface area contributed by atoms with E-state index < -0.39 is 0 Å². The number of amides is 1. The molecule has 1 fully saturated rings. The average Bonchev–Trinajstić information content (AvgIpc) is 2.69. The highest BCUT2D eigenvalue weighted by Gasteiger charge is 2.25. The van der Waals surface area contributed by atoms with Crippen LogP contribution < -0.4 is 15.0 Å². The molecule has 0 spiro atoms. The lowest BCUT2D eigenvalue weighted by Gasteiger charge is -2.38. The minimum Gasteiger partial charge on any atom is -0.497 e. The Morgan fingerprint density at radius 2 is 1.81 bits per heavy atom. The van der Waals surface area contributed by atoms with Gasteiger partial charge in [-0.25, -0.2) is 0 Å². The highest BCUT2D eigenvalue weighted by atomic mass is 35.5. The maximum Gasteiger partial charge on any atom is 0.241 e. The van der Waals surface area contributed by atoms with Crippen LogP contribution in [0.3, 0.4) is 0 Å². The van der Waals surface area contributed by atoms with Crippen molar-refractivity contribution in [3.05, 3.63) is 53.6 Å². The second-order valence-corrected chi connectivity index (χ2v) is 6.83. The van der Waals surface area contributed by atoms with Crippen LogP contribution in [0.15, 0.2) is 48.5 Å². The van der Waals surface area contributed by atoms with Gasteiger partial charge in [-0.2, -0.15) is 0 Å². The van der Waals surface area contributed by atoms with Crippen molar-refractivity contribution < 1.29 is 9.53 Å². The fourth-order valence-corrected chi connectivity index (χ4v) is 3.25. The van der Waals surface area contributed by atoms with Gasteiger partial charge >= 0.3 is 0 Å². The van der Waals surface area contributed by atoms with E-state index in [-0.39, 0.29) is 11.9 Å². The van der Waals surface area contributed by atoms with Gasteiger partial charge in [-0.3, -0.25) is 9.69 Å². The Hall–Kier alpha value is -2.24. The van der Waals surface area contributed by atoms with E-state index in [0.29, 0.717) is 5.02 Å². The standard InChI is InChI=1S/C20H24ClN3O2/c1-15(20(25)22-17-8-6-16(21)7-9-17)23-10-12-24(13-11-23)18-4-3-5-19(14-18)26-2/h3-9,14-15H,10-13H2,1-2H3,(H,22,25)/t15-/m0/s1. The third-order valence-corrected chi connectivity index (χ3v) is 5.02. The molecular weight excluding hydrogens is 350 g/mol. The normalized spacial score (nSPS) is 16.2. The third kappa shape index (κ3) is 4.48. The number of nitrogens with zero attached hydrogens (tertiary/aromatic N) is 2. The van der Waals surface area contributed by atoms with Crippen LogP contribution >= 0.6 is 11.6 Å². The molecule has 2 aromatic rings. The molecule has 3 rings (SSSR count). The summed E-state index contributed by atoms with van der Waals surface area (Å²) in [6, 6.07) is 15.1. The average molecular weight is 374 g/mol. The second-order valence-electron chi connectivity index (χ2n) is 6.40. The largest absolute Gasteiger partial charge is 0.497 e. The van der Waals surface area contributed by atoms with Crippen molar-refractivity contribution in [2.24, 2.45) is 0 Å². The van der Waals surface area contributed by atoms with Crippen molar-refractivity contribution in [2.45, 2.75) is 13.0 Å². The molecule has 1 N–H and O–H groups in total. The fraction of sp³-hybridized carbons (Fsp3) is 0.350. The number of carbonyl (C=O) groups excluding carboxylic acids is 1. The van der Waals surface area contributed by atoms with Crippen molar-refractivity contribution in [1.82, 2.24) is 4.90 Å². The lowest BCUT2D eigenvalue weighted by Crippen LogP contribution is -2.52. The molecule has 1 amide bonds. The Balaban J connectivity index is 1.55. The Kier molecular flexibility index (Phi) is 6.01. The van der Waals surface area contributed by atoms with Crippen LogP contribution in [0.25, 0.3) is 0 Å². The molecule has 0 radical (unpaired) electrons. The van der Waals surface area contributed by atoms with Gasteiger partial charge in [-0.05, 0) is 43.3 Å². The quantitative estimate of drug-likeness (QED) is 0.871. The number of anilines is 2. The molecule has 1 atom stereocenters. The molecule has 6 heteroatoms. The number of piperazine rings is 1. The monoisotopic (exact) mass is 373 g/mol. The predicted molar refractivity (Wildman–Crippen MR) is 106 cm³/mol. The Morgan fingerprint density at radius 3 is 2.46 bits per heavy atom. The smallest absolute Gasteiger partial charge is 0.241 e. The van der Waals surface area contributed by atoms with Gasteiger partial charge < -0.3 is 15.0 Å². The zero-order chi connectivity index (χ0) is 18.5. The lowest BCUT2D eigenvalue weighted by molar-refractivity contribution is -0.120. The first kappa shape index (κ1) is 18.5. The van der Waals surface area contributed by atoms with E-state index >= 15 is 0 Å². The van der Waals surface area contributed by atoms with E-state index in [1.807, 2.05) is 37.3 Å². The highest BCUT2D eigenvalue weighted by Crippen LogP contribution is 2.22. The number of methoxy groups -OCH3 is 1. The SMILES string of the molecule is COc1cccc(N2CCN([C@@H](C)C(=O)Nc3ccc(Cl)cc3)CC2)c1. The van der Waals surface area contributed by atoms with Gasteiger partial charge in [-0.1, -0.05) is 17.7 Å². The van der Waals surface area contributed by atoms with Crippen LogP contribution in [-0.4, -0.2) is 50.1 Å². The number of benzene rings is 2. The van der Waals surface area contributed by atoms with Gasteiger partial charge in [0.2, 0.25) is 5.91 Å². The molecule has 1 aliphatic rings. The van der Waals surface area contributed by atoms with E-state index in [2.05, 4.69) is 21.2 Å². The zero-order valence-corrected chi connectivity index (χ0v) is 15.9. The number of hydrogen-bond acceptors (Lipinski definition) is 4. The number of ether oxygens (including phenoxy) is 1. The Morgan fingerprint density at radius 1 is 1.12 bits per heavy atom. The molecular formula is C20H24ClN3O2. The number of halogens is 1. The van der Waals surface area contributed by atoms with Crippen LogP contribution in [0.2, 0.25) is 5.02 Å². The first-order chi connectivity index (χ1) is 12.6. The zero-order valence-electron chi connectivity index (χ0n) is 15.1. The summed E-state index contributed by atoms with van der Waals surface area (Å²) in [7, 11) is 1.68. The van der Waals surface area contributed by atoms with Crippen LogP contribution in [-0.2, 0) is 4.79 Å². The van der Waals surface area contributed by atoms with Crippen molar-refractivity contribution in [1.29, 1.82) is 0 Å². The molecule has 0 bridgehead atoms. The Bertz CT molecular complexity index is 743. The number of hydrogen-bond donors (Lipinski definition) is 1. The van der Waals surface area contributed by atoms with Gasteiger partial charge in [0.15, 0.2) is 0 Å². The molecule has 0 unspecified atom stereocenters. The van der Waals surface area contributed by atoms with Gasteiger partial charge in [0.1, 0.15) is 5.75 Å². The summed E-state index contributed by atoms with van der Waals surface area (Å²) >= 11 is 5.88. The summed E-state index contributed by atoms with van der Waals surface area (Å²) in [6.07, 6.45) is 0. The summed E-state index contributed by atoms with van der Waals surface area (Å²) in [5, 5.41) is 3.61. The molecule has 0 saturated carbocycles. The predicted octanol–water partition coefficient (Wildman–Crippen LogP) is 3.50. The number of carbonyl (C=O) groups is 1. The van der Waals surface area contributed by atoms with Crippen molar-refractivity contribution in [3.8, 4) is 5.75 Å². The first-order valence-electron chi connectivity index (χ1n) is 8.76. The number of rotatable bonds is 5. The topological polar surface area (TPSA) is 44.8 Å². The minimum absolute atomic E-state index is 0.00199. The van der Waals surface area contributed by atoms with E-state index in [1.165, 1.54) is 0 Å². The van der Waals surface area contributed by atoms with Gasteiger partial charge in [0.25, 0.3) is 0 Å². The maximum absolute atomic E-state index is 12.5. The summed E-state index contributed by atoms with van der Waals surface area (Å²) in [5.74, 6) is 0.864. The van der Waals surface area contributed by atoms with Crippen molar-refractivity contribution in [3.63, 3.8) is 0 Å². The van der Waals surface area contributed by atoms with Crippen LogP contribution in [0.4, 0.5) is 11.4 Å². The van der Waals surface area contributed by atoms with E-state index in [4.69, 9.17) is 16.3 Å². The highest BCUT2D eigenvalue weighted by molar-refractivity contribution is 6.30. The molecule has 0 aliphatic carbocycles. The fourth-order valence-electron chi connectivity index (χ4n) is 3.12. The molecule has 26 heavy (non-hydrogen) atoms. The van der Waals surface area contributed by atoms with E-state index in [0.717, 1.165) is 43.3 Å². The molecule has 1 heterocycles. The minimum atomic E-state index is -0.182. The van der Waals surface area contributed by atoms with Crippen LogP contribution in [0, 0.1) is 0 Å². The van der Waals surface area contributed by atoms with Gasteiger partial charge in [0.05, 0.1) is 13.2 Å². The summed E-state index contributed by atoms with van der Waals surface area (Å²) in [4.78, 5) is 17.0. The molecule has 2 aromatic carbocycles. The van der Waals surface area contributed by atoms with Gasteiger partial charge in [-0.15, -0.1) is 0 Å². The first-order valence-corrected chi connectivity index (χ1v) is 9.14. The number of nitrogens with one attached hydrogen (secondary N) is 1. The molecule has 1 saturated heterocycles. The molecule has 5 nitrogen and oxygen atoms in total. The van der Waals surface area contributed by atoms with Crippen LogP contribution in [0.5, 0.6) is 5.75 Å². The van der Waals surface area contributed by atoms with E-state index in [1.54, 1.807) is 19.2 Å². The van der Waals surface area contributed by atoms with Crippen LogP contribution in [0.1, 0.15) is 6.92 Å². The third-order valence-electron chi connectivity index (χ3n) is 4.77. The molecule has 0 aromatic heterocycles. The molecule has 1 aliphatic heterocycles. The summed E-state index contributed by atoms with van der Waals surface area (Å²) in [5.41, 5.74) is 1.92. The van der Waals surface area contributed by atoms with Crippen molar-refractivity contribution >= 4 is 28.9 Å². The van der Waals surface area contributed by atoms with Crippen molar-refractivity contribution in [2.75, 3.05) is 43.5 Å². The van der Waals surface area contributed by atoms with E-state index in [9.17, 15) is 4.79 Å². The van der Waals surface area contributed by atoms with Gasteiger partial charge in [0, 0.05) is 48.6 Å².